The van der Waals surface area contributed by atoms with Crippen LogP contribution in [0.2, 0.25) is 0 Å². The molecule has 0 saturated heterocycles. The number of anilines is 1. The number of hydrogen-bond acceptors (Lipinski definition) is 4. The highest BCUT2D eigenvalue weighted by molar-refractivity contribution is 5.31. The molecule has 1 N–H and O–H groups in total. The summed E-state index contributed by atoms with van der Waals surface area (Å²) < 4.78 is 7.50. The van der Waals surface area contributed by atoms with Gasteiger partial charge in [-0.15, -0.1) is 0 Å². The van der Waals surface area contributed by atoms with Gasteiger partial charge in [-0.2, -0.15) is 0 Å². The molecule has 0 radical (unpaired) electrons. The van der Waals surface area contributed by atoms with Crippen LogP contribution in [0.4, 0.5) is 5.95 Å². The molecule has 0 aliphatic rings. The molecular weight excluding hydrogens is 264 g/mol. The van der Waals surface area contributed by atoms with Gasteiger partial charge in [-0.1, -0.05) is 13.8 Å². The first-order chi connectivity index (χ1) is 9.83. The molecule has 2 atom stereocenters. The zero-order chi connectivity index (χ0) is 16.0. The van der Waals surface area contributed by atoms with Crippen LogP contribution in [0.5, 0.6) is 0 Å². The first-order valence-electron chi connectivity index (χ1n) is 7.79. The van der Waals surface area contributed by atoms with Crippen molar-refractivity contribution in [3.8, 4) is 0 Å². The van der Waals surface area contributed by atoms with Gasteiger partial charge in [0.15, 0.2) is 0 Å². The van der Waals surface area contributed by atoms with Crippen LogP contribution in [0, 0.1) is 12.8 Å². The summed E-state index contributed by atoms with van der Waals surface area (Å²) in [6, 6.07) is 0.674. The van der Waals surface area contributed by atoms with Crippen molar-refractivity contribution >= 4 is 5.95 Å². The van der Waals surface area contributed by atoms with Crippen LogP contribution < -0.4 is 5.32 Å². The molecule has 0 aromatic carbocycles. The lowest BCUT2D eigenvalue weighted by Gasteiger charge is -2.26. The van der Waals surface area contributed by atoms with Crippen molar-refractivity contribution in [2.45, 2.75) is 46.2 Å². The van der Waals surface area contributed by atoms with Gasteiger partial charge in [0.25, 0.3) is 0 Å². The SMILES string of the molecule is COCC(C)Nc1nc(C)cn1C(CC(C)C)CN(C)C. The normalized spacial score (nSPS) is 14.7. The van der Waals surface area contributed by atoms with Crippen LogP contribution >= 0.6 is 0 Å². The topological polar surface area (TPSA) is 42.3 Å². The molecule has 0 amide bonds. The van der Waals surface area contributed by atoms with E-state index >= 15 is 0 Å². The summed E-state index contributed by atoms with van der Waals surface area (Å²) in [6.07, 6.45) is 3.29. The number of aryl methyl sites for hydroxylation is 1. The molecule has 2 unspecified atom stereocenters. The molecule has 21 heavy (non-hydrogen) atoms. The standard InChI is InChI=1S/C16H32N4O/c1-12(2)8-15(10-19(5)6)20-9-13(3)17-16(20)18-14(4)11-21-7/h9,12,14-15H,8,10-11H2,1-7H3,(H,17,18). The van der Waals surface area contributed by atoms with Gasteiger partial charge in [-0.05, 0) is 40.3 Å². The molecular formula is C16H32N4O. The van der Waals surface area contributed by atoms with Gasteiger partial charge >= 0.3 is 0 Å². The maximum Gasteiger partial charge on any atom is 0.203 e. The van der Waals surface area contributed by atoms with E-state index in [9.17, 15) is 0 Å². The van der Waals surface area contributed by atoms with Gasteiger partial charge in [0.1, 0.15) is 0 Å². The number of methoxy groups -OCH3 is 1. The zero-order valence-corrected chi connectivity index (χ0v) is 14.7. The number of nitrogens with zero attached hydrogens (tertiary/aromatic N) is 3. The van der Waals surface area contributed by atoms with Gasteiger partial charge in [0.2, 0.25) is 5.95 Å². The average Bonchev–Trinajstić information content (AvgIpc) is 2.68. The largest absolute Gasteiger partial charge is 0.383 e. The molecule has 0 saturated carbocycles. The quantitative estimate of drug-likeness (QED) is 0.761. The highest BCUT2D eigenvalue weighted by Crippen LogP contribution is 2.24. The monoisotopic (exact) mass is 296 g/mol. The molecule has 0 bridgehead atoms. The Morgan fingerprint density at radius 3 is 2.52 bits per heavy atom. The van der Waals surface area contributed by atoms with Crippen molar-refractivity contribution in [1.82, 2.24) is 14.5 Å². The van der Waals surface area contributed by atoms with Gasteiger partial charge in [0, 0.05) is 31.9 Å². The molecule has 0 aliphatic heterocycles. The van der Waals surface area contributed by atoms with Crippen molar-refractivity contribution in [2.24, 2.45) is 5.92 Å². The van der Waals surface area contributed by atoms with E-state index in [1.54, 1.807) is 7.11 Å². The Hall–Kier alpha value is -1.07. The number of likely N-dealkylation sites (N-methyl/N-ethyl adjacent to an activating group) is 1. The number of aromatic nitrogens is 2. The van der Waals surface area contributed by atoms with Gasteiger partial charge in [-0.25, -0.2) is 4.98 Å². The van der Waals surface area contributed by atoms with Crippen LogP contribution in [0.1, 0.15) is 38.9 Å². The average molecular weight is 296 g/mol. The first-order valence-corrected chi connectivity index (χ1v) is 7.79. The van der Waals surface area contributed by atoms with Gasteiger partial charge in [0.05, 0.1) is 12.3 Å². The Kier molecular flexibility index (Phi) is 7.18. The molecule has 1 heterocycles. The molecule has 1 aromatic rings. The minimum Gasteiger partial charge on any atom is -0.383 e. The van der Waals surface area contributed by atoms with E-state index in [0.29, 0.717) is 18.6 Å². The van der Waals surface area contributed by atoms with Crippen molar-refractivity contribution < 1.29 is 4.74 Å². The van der Waals surface area contributed by atoms with Gasteiger partial charge in [-0.3, -0.25) is 0 Å². The third-order valence-corrected chi connectivity index (χ3v) is 3.36. The fraction of sp³-hybridized carbons (Fsp3) is 0.812. The number of ether oxygens (including phenoxy) is 1. The van der Waals surface area contributed by atoms with Crippen LogP contribution in [-0.4, -0.2) is 54.8 Å². The zero-order valence-electron chi connectivity index (χ0n) is 14.7. The maximum absolute atomic E-state index is 5.20. The number of imidazole rings is 1. The summed E-state index contributed by atoms with van der Waals surface area (Å²) in [5.74, 6) is 1.60. The predicted molar refractivity (Wildman–Crippen MR) is 89.0 cm³/mol. The van der Waals surface area contributed by atoms with E-state index in [1.165, 1.54) is 0 Å². The van der Waals surface area contributed by atoms with Gasteiger partial charge < -0.3 is 19.5 Å². The van der Waals surface area contributed by atoms with Crippen molar-refractivity contribution in [3.63, 3.8) is 0 Å². The van der Waals surface area contributed by atoms with Crippen LogP contribution in [0.25, 0.3) is 0 Å². The molecule has 0 aliphatic carbocycles. The number of nitrogens with one attached hydrogen (secondary N) is 1. The molecule has 0 fully saturated rings. The lowest BCUT2D eigenvalue weighted by Crippen LogP contribution is -2.28. The second-order valence-electron chi connectivity index (χ2n) is 6.66. The highest BCUT2D eigenvalue weighted by atomic mass is 16.5. The summed E-state index contributed by atoms with van der Waals surface area (Å²) in [5.41, 5.74) is 1.05. The van der Waals surface area contributed by atoms with E-state index in [-0.39, 0.29) is 6.04 Å². The lowest BCUT2D eigenvalue weighted by molar-refractivity contribution is 0.189. The Bertz CT molecular complexity index is 404. The molecule has 122 valence electrons. The third-order valence-electron chi connectivity index (χ3n) is 3.36. The van der Waals surface area contributed by atoms with Crippen molar-refractivity contribution in [1.29, 1.82) is 0 Å². The summed E-state index contributed by atoms with van der Waals surface area (Å²) in [5, 5.41) is 3.47. The summed E-state index contributed by atoms with van der Waals surface area (Å²) in [7, 11) is 5.97. The van der Waals surface area contributed by atoms with Crippen LogP contribution in [0.3, 0.4) is 0 Å². The Morgan fingerprint density at radius 1 is 1.33 bits per heavy atom. The first kappa shape index (κ1) is 18.0. The van der Waals surface area contributed by atoms with Crippen LogP contribution in [0.15, 0.2) is 6.20 Å². The Balaban J connectivity index is 2.95. The van der Waals surface area contributed by atoms with E-state index < -0.39 is 0 Å². The Labute approximate surface area is 129 Å². The van der Waals surface area contributed by atoms with Crippen molar-refractivity contribution in [3.05, 3.63) is 11.9 Å². The smallest absolute Gasteiger partial charge is 0.203 e. The van der Waals surface area contributed by atoms with E-state index in [2.05, 4.69) is 60.8 Å². The fourth-order valence-corrected chi connectivity index (χ4v) is 2.65. The minimum atomic E-state index is 0.245. The molecule has 1 rings (SSSR count). The molecule has 5 nitrogen and oxygen atoms in total. The fourth-order valence-electron chi connectivity index (χ4n) is 2.65. The van der Waals surface area contributed by atoms with Crippen molar-refractivity contribution in [2.75, 3.05) is 39.7 Å². The summed E-state index contributed by atoms with van der Waals surface area (Å²) in [6.45, 7) is 10.4. The van der Waals surface area contributed by atoms with E-state index in [1.807, 2.05) is 6.92 Å². The lowest BCUT2D eigenvalue weighted by atomic mass is 10.0. The van der Waals surface area contributed by atoms with E-state index in [0.717, 1.165) is 24.6 Å². The number of rotatable bonds is 9. The molecule has 1 aromatic heterocycles. The third kappa shape index (κ3) is 6.06. The summed E-state index contributed by atoms with van der Waals surface area (Å²) >= 11 is 0. The predicted octanol–water partition coefficient (Wildman–Crippen LogP) is 2.79. The second kappa shape index (κ2) is 8.39. The highest BCUT2D eigenvalue weighted by Gasteiger charge is 2.19. The number of hydrogen-bond donors (Lipinski definition) is 1. The Morgan fingerprint density at radius 2 is 2.00 bits per heavy atom. The maximum atomic E-state index is 5.20. The molecule has 5 heteroatoms. The van der Waals surface area contributed by atoms with E-state index in [4.69, 9.17) is 4.74 Å². The second-order valence-corrected chi connectivity index (χ2v) is 6.66. The summed E-state index contributed by atoms with van der Waals surface area (Å²) in [4.78, 5) is 6.89. The van der Waals surface area contributed by atoms with Crippen LogP contribution in [-0.2, 0) is 4.74 Å². The molecule has 0 spiro atoms. The minimum absolute atomic E-state index is 0.245.